The number of alkyl halides is 2. The second kappa shape index (κ2) is 11.3. The summed E-state index contributed by atoms with van der Waals surface area (Å²) in [5.74, 6) is -1.08. The summed E-state index contributed by atoms with van der Waals surface area (Å²) in [4.78, 5) is 25.3. The molecule has 0 fully saturated rings. The molecule has 0 heterocycles. The number of hydrogen-bond donors (Lipinski definition) is 1. The van der Waals surface area contributed by atoms with Crippen molar-refractivity contribution in [3.05, 3.63) is 24.3 Å². The lowest BCUT2D eigenvalue weighted by Crippen LogP contribution is -2.39. The number of carbonyl (C=O) groups excluding carboxylic acids is 2. The molecule has 0 aliphatic carbocycles. The summed E-state index contributed by atoms with van der Waals surface area (Å²) in [6.45, 7) is -0.647. The highest BCUT2D eigenvalue weighted by Crippen LogP contribution is 2.25. The van der Waals surface area contributed by atoms with E-state index < -0.39 is 18.5 Å². The van der Waals surface area contributed by atoms with Crippen molar-refractivity contribution in [3.63, 3.8) is 0 Å². The van der Waals surface area contributed by atoms with Gasteiger partial charge in [0.15, 0.2) is 0 Å². The van der Waals surface area contributed by atoms with Gasteiger partial charge in [-0.2, -0.15) is 8.78 Å². The van der Waals surface area contributed by atoms with E-state index in [9.17, 15) is 18.4 Å². The minimum Gasteiger partial charge on any atom is -0.465 e. The fourth-order valence-electron chi connectivity index (χ4n) is 1.99. The van der Waals surface area contributed by atoms with Crippen molar-refractivity contribution in [2.24, 2.45) is 0 Å². The summed E-state index contributed by atoms with van der Waals surface area (Å²) in [7, 11) is 1.50. The molecular formula is C16H22F2N2O5. The third kappa shape index (κ3) is 8.41. The number of carbonyl (C=O) groups is 2. The van der Waals surface area contributed by atoms with Gasteiger partial charge in [0, 0.05) is 13.7 Å². The molecule has 1 amide bonds. The van der Waals surface area contributed by atoms with Gasteiger partial charge in [0.1, 0.15) is 5.75 Å². The summed E-state index contributed by atoms with van der Waals surface area (Å²) in [5.41, 5.74) is 0.121. The number of esters is 1. The number of hydrogen-bond acceptors (Lipinski definition) is 6. The Morgan fingerprint density at radius 2 is 1.96 bits per heavy atom. The fourth-order valence-corrected chi connectivity index (χ4v) is 1.99. The standard InChI is InChI=1S/C16H22F2N2O5/c1-3-24-15(22)11-20(8-9-23-2)10-14(21)19-12-6-4-5-7-13(12)25-16(17)18/h4-7,16H,3,8-11H2,1-2H3,(H,19,21). The van der Waals surface area contributed by atoms with E-state index in [1.54, 1.807) is 13.0 Å². The third-order valence-corrected chi connectivity index (χ3v) is 3.01. The first-order valence-corrected chi connectivity index (χ1v) is 7.66. The van der Waals surface area contributed by atoms with Crippen molar-refractivity contribution in [2.45, 2.75) is 13.5 Å². The van der Waals surface area contributed by atoms with Crippen LogP contribution in [-0.4, -0.2) is 63.3 Å². The van der Waals surface area contributed by atoms with Crippen molar-refractivity contribution >= 4 is 17.6 Å². The largest absolute Gasteiger partial charge is 0.465 e. The van der Waals surface area contributed by atoms with Crippen LogP contribution in [-0.2, 0) is 19.1 Å². The van der Waals surface area contributed by atoms with Gasteiger partial charge < -0.3 is 19.5 Å². The molecule has 1 rings (SSSR count). The molecule has 0 saturated carbocycles. The Labute approximate surface area is 144 Å². The average Bonchev–Trinajstić information content (AvgIpc) is 2.54. The predicted octanol–water partition coefficient (Wildman–Crippen LogP) is 1.74. The zero-order valence-corrected chi connectivity index (χ0v) is 14.2. The molecule has 0 atom stereocenters. The molecule has 1 aromatic carbocycles. The number of nitrogens with zero attached hydrogens (tertiary/aromatic N) is 1. The normalized spacial score (nSPS) is 10.8. The molecular weight excluding hydrogens is 338 g/mol. The van der Waals surface area contributed by atoms with Crippen molar-refractivity contribution in [1.82, 2.24) is 4.90 Å². The van der Waals surface area contributed by atoms with Gasteiger partial charge in [0.2, 0.25) is 5.91 Å². The second-order valence-electron chi connectivity index (χ2n) is 4.93. The molecule has 140 valence electrons. The van der Waals surface area contributed by atoms with Gasteiger partial charge in [-0.3, -0.25) is 14.5 Å². The molecule has 0 bridgehead atoms. The zero-order valence-electron chi connectivity index (χ0n) is 14.2. The highest BCUT2D eigenvalue weighted by Gasteiger charge is 2.17. The van der Waals surface area contributed by atoms with Gasteiger partial charge >= 0.3 is 12.6 Å². The van der Waals surface area contributed by atoms with E-state index in [2.05, 4.69) is 10.1 Å². The van der Waals surface area contributed by atoms with E-state index in [1.807, 2.05) is 0 Å². The quantitative estimate of drug-likeness (QED) is 0.606. The Balaban J connectivity index is 2.69. The van der Waals surface area contributed by atoms with Gasteiger partial charge in [0.25, 0.3) is 0 Å². The monoisotopic (exact) mass is 360 g/mol. The lowest BCUT2D eigenvalue weighted by atomic mass is 10.3. The minimum atomic E-state index is -3.00. The number of halogens is 2. The number of ether oxygens (including phenoxy) is 3. The molecule has 0 saturated heterocycles. The van der Waals surface area contributed by atoms with Gasteiger partial charge in [0.05, 0.1) is 32.0 Å². The predicted molar refractivity (Wildman–Crippen MR) is 86.7 cm³/mol. The number of para-hydroxylation sites is 2. The first-order valence-electron chi connectivity index (χ1n) is 7.66. The molecule has 25 heavy (non-hydrogen) atoms. The molecule has 9 heteroatoms. The Morgan fingerprint density at radius 3 is 2.60 bits per heavy atom. The highest BCUT2D eigenvalue weighted by atomic mass is 19.3. The van der Waals surface area contributed by atoms with Crippen LogP contribution in [0.4, 0.5) is 14.5 Å². The second-order valence-corrected chi connectivity index (χ2v) is 4.93. The molecule has 0 aromatic heterocycles. The van der Waals surface area contributed by atoms with E-state index in [0.717, 1.165) is 0 Å². The number of amides is 1. The Hall–Kier alpha value is -2.26. The van der Waals surface area contributed by atoms with Gasteiger partial charge in [-0.1, -0.05) is 12.1 Å². The van der Waals surface area contributed by atoms with Crippen LogP contribution >= 0.6 is 0 Å². The molecule has 0 aliphatic rings. The molecule has 0 radical (unpaired) electrons. The van der Waals surface area contributed by atoms with Crippen LogP contribution in [0.2, 0.25) is 0 Å². The van der Waals surface area contributed by atoms with E-state index in [0.29, 0.717) is 13.2 Å². The number of methoxy groups -OCH3 is 1. The summed E-state index contributed by atoms with van der Waals surface area (Å²) in [6, 6.07) is 5.86. The van der Waals surface area contributed by atoms with Crippen molar-refractivity contribution < 1.29 is 32.6 Å². The molecule has 0 unspecified atom stereocenters. The van der Waals surface area contributed by atoms with E-state index >= 15 is 0 Å². The lowest BCUT2D eigenvalue weighted by Gasteiger charge is -2.20. The number of nitrogens with one attached hydrogen (secondary N) is 1. The van der Waals surface area contributed by atoms with Crippen molar-refractivity contribution in [1.29, 1.82) is 0 Å². The van der Waals surface area contributed by atoms with Crippen LogP contribution in [0.15, 0.2) is 24.3 Å². The van der Waals surface area contributed by atoms with Crippen LogP contribution < -0.4 is 10.1 Å². The highest BCUT2D eigenvalue weighted by molar-refractivity contribution is 5.93. The molecule has 1 aromatic rings. The van der Waals surface area contributed by atoms with Gasteiger partial charge in [-0.25, -0.2) is 0 Å². The van der Waals surface area contributed by atoms with Gasteiger partial charge in [-0.05, 0) is 19.1 Å². The zero-order chi connectivity index (χ0) is 18.7. The van der Waals surface area contributed by atoms with Crippen LogP contribution in [0.1, 0.15) is 6.92 Å². The van der Waals surface area contributed by atoms with E-state index in [4.69, 9.17) is 9.47 Å². The topological polar surface area (TPSA) is 77.1 Å². The first kappa shape index (κ1) is 20.8. The maximum atomic E-state index is 12.4. The molecule has 7 nitrogen and oxygen atoms in total. The van der Waals surface area contributed by atoms with Crippen molar-refractivity contribution in [3.8, 4) is 5.75 Å². The van der Waals surface area contributed by atoms with E-state index in [1.165, 1.54) is 30.2 Å². The first-order chi connectivity index (χ1) is 12.0. The Morgan fingerprint density at radius 1 is 1.24 bits per heavy atom. The van der Waals surface area contributed by atoms with Crippen LogP contribution in [0.3, 0.4) is 0 Å². The maximum Gasteiger partial charge on any atom is 0.387 e. The number of anilines is 1. The summed E-state index contributed by atoms with van der Waals surface area (Å²) in [5, 5.41) is 2.50. The Kier molecular flexibility index (Phi) is 9.41. The molecule has 1 N–H and O–H groups in total. The maximum absolute atomic E-state index is 12.4. The Bertz CT molecular complexity index is 557. The van der Waals surface area contributed by atoms with E-state index in [-0.39, 0.29) is 31.1 Å². The minimum absolute atomic E-state index is 0.0835. The van der Waals surface area contributed by atoms with Crippen LogP contribution in [0.25, 0.3) is 0 Å². The number of rotatable bonds is 11. The summed E-state index contributed by atoms with van der Waals surface area (Å²) < 4.78 is 39.0. The summed E-state index contributed by atoms with van der Waals surface area (Å²) in [6.07, 6.45) is 0. The van der Waals surface area contributed by atoms with Crippen LogP contribution in [0.5, 0.6) is 5.75 Å². The average molecular weight is 360 g/mol. The lowest BCUT2D eigenvalue weighted by molar-refractivity contribution is -0.144. The third-order valence-electron chi connectivity index (χ3n) is 3.01. The summed E-state index contributed by atoms with van der Waals surface area (Å²) >= 11 is 0. The van der Waals surface area contributed by atoms with Crippen LogP contribution in [0, 0.1) is 0 Å². The van der Waals surface area contributed by atoms with Crippen molar-refractivity contribution in [2.75, 3.05) is 45.3 Å². The van der Waals surface area contributed by atoms with Gasteiger partial charge in [-0.15, -0.1) is 0 Å². The number of benzene rings is 1. The molecule has 0 aliphatic heterocycles. The molecule has 0 spiro atoms. The smallest absolute Gasteiger partial charge is 0.387 e. The fraction of sp³-hybridized carbons (Fsp3) is 0.500. The SMILES string of the molecule is CCOC(=O)CN(CCOC)CC(=O)Nc1ccccc1OC(F)F.